The highest BCUT2D eigenvalue weighted by molar-refractivity contribution is 5.23. The van der Waals surface area contributed by atoms with E-state index in [2.05, 4.69) is 15.0 Å². The molecule has 10 heteroatoms. The second kappa shape index (κ2) is 5.24. The summed E-state index contributed by atoms with van der Waals surface area (Å²) in [4.78, 5) is 17.8. The monoisotopic (exact) mass is 269 g/mol. The average Bonchev–Trinajstić information content (AvgIpc) is 2.68. The molecule has 0 aromatic carbocycles. The van der Waals surface area contributed by atoms with Crippen LogP contribution < -0.4 is 11.4 Å². The third-order valence-corrected chi connectivity index (χ3v) is 2.73. The molecule has 1 aliphatic rings. The van der Waals surface area contributed by atoms with Gasteiger partial charge in [0.15, 0.2) is 0 Å². The van der Waals surface area contributed by atoms with Gasteiger partial charge in [-0.2, -0.15) is 4.98 Å². The minimum absolute atomic E-state index is 0.00204. The van der Waals surface area contributed by atoms with Gasteiger partial charge in [0.05, 0.1) is 14.1 Å². The third kappa shape index (κ3) is 2.37. The van der Waals surface area contributed by atoms with Crippen molar-refractivity contribution < 1.29 is 16.3 Å². The van der Waals surface area contributed by atoms with Gasteiger partial charge in [-0.25, -0.2) is 4.79 Å². The van der Waals surface area contributed by atoms with Crippen molar-refractivity contribution in [3.63, 3.8) is 0 Å². The molecule has 0 bridgehead atoms. The summed E-state index contributed by atoms with van der Waals surface area (Å²) in [6.45, 7) is -1.75. The molecule has 1 aromatic rings. The van der Waals surface area contributed by atoms with E-state index in [1.165, 1.54) is 12.3 Å². The van der Waals surface area contributed by atoms with E-state index in [9.17, 15) is 15.0 Å². The highest BCUT2D eigenvalue weighted by Crippen LogP contribution is 2.30. The van der Waals surface area contributed by atoms with E-state index >= 15 is 0 Å². The van der Waals surface area contributed by atoms with Crippen LogP contribution in [-0.4, -0.2) is 44.6 Å². The fourth-order valence-electron chi connectivity index (χ4n) is 1.84. The summed E-state index contributed by atoms with van der Waals surface area (Å²) in [6, 6.07) is 0.155. The van der Waals surface area contributed by atoms with Gasteiger partial charge < -0.3 is 20.7 Å². The van der Waals surface area contributed by atoms with E-state index in [-0.39, 0.29) is 5.82 Å². The maximum Gasteiger partial charge on any atom is 0.351 e. The van der Waals surface area contributed by atoms with Gasteiger partial charge in [-0.05, 0) is 11.6 Å². The molecule has 0 spiro atoms. The number of aliphatic hydroxyl groups excluding tert-OH is 2. The summed E-state index contributed by atoms with van der Waals surface area (Å²) >= 11 is 0. The second-order valence-electron chi connectivity index (χ2n) is 3.87. The Morgan fingerprint density at radius 1 is 1.79 bits per heavy atom. The number of azide groups is 1. The lowest BCUT2D eigenvalue weighted by Gasteiger charge is -2.17. The lowest BCUT2D eigenvalue weighted by Crippen LogP contribution is -2.34. The smallest absolute Gasteiger partial charge is 0.351 e. The number of aromatic nitrogens is 2. The zero-order valence-corrected chi connectivity index (χ0v) is 9.57. The van der Waals surface area contributed by atoms with E-state index < -0.39 is 36.8 Å². The van der Waals surface area contributed by atoms with Gasteiger partial charge >= 0.3 is 5.69 Å². The molecule has 2 rings (SSSR count). The molecule has 5 atom stereocenters. The Hall–Kier alpha value is -2.13. The molecule has 102 valence electrons. The van der Waals surface area contributed by atoms with Gasteiger partial charge in [0.1, 0.15) is 24.2 Å². The van der Waals surface area contributed by atoms with Crippen LogP contribution >= 0.6 is 0 Å². The summed E-state index contributed by atoms with van der Waals surface area (Å²) in [5, 5.41) is 22.5. The first-order valence-electron chi connectivity index (χ1n) is 5.86. The van der Waals surface area contributed by atoms with Crippen LogP contribution in [0.25, 0.3) is 10.4 Å². The molecule has 1 saturated heterocycles. The van der Waals surface area contributed by atoms with E-state index in [0.717, 1.165) is 4.57 Å². The molecule has 0 radical (unpaired) electrons. The molecule has 1 aromatic heterocycles. The number of nitrogens with two attached hydrogens (primary N) is 1. The van der Waals surface area contributed by atoms with E-state index in [1.54, 1.807) is 0 Å². The van der Waals surface area contributed by atoms with Gasteiger partial charge in [-0.1, -0.05) is 5.11 Å². The Morgan fingerprint density at radius 2 is 2.53 bits per heavy atom. The zero-order chi connectivity index (χ0) is 14.9. The average molecular weight is 269 g/mol. The summed E-state index contributed by atoms with van der Waals surface area (Å²) in [7, 11) is 0. The lowest BCUT2D eigenvalue weighted by molar-refractivity contribution is -0.0464. The Labute approximate surface area is 108 Å². The fourth-order valence-corrected chi connectivity index (χ4v) is 1.84. The van der Waals surface area contributed by atoms with Gasteiger partial charge in [-0.15, -0.1) is 0 Å². The number of anilines is 1. The number of hydrogen-bond donors (Lipinski definition) is 3. The normalized spacial score (nSPS) is 32.4. The van der Waals surface area contributed by atoms with Crippen molar-refractivity contribution in [1.82, 2.24) is 9.55 Å². The Kier molecular flexibility index (Phi) is 3.29. The second-order valence-corrected chi connectivity index (χ2v) is 3.87. The highest BCUT2D eigenvalue weighted by atomic mass is 16.5. The Balaban J connectivity index is 2.43. The molecule has 19 heavy (non-hydrogen) atoms. The SMILES string of the molecule is [2H]C(O)[C@H]1O[C@@H](n2ccc(N)nc2=O)[C@H](N=[N+]=[N-])[C@@H]1O. The highest BCUT2D eigenvalue weighted by Gasteiger charge is 2.44. The first-order valence-corrected chi connectivity index (χ1v) is 5.28. The maximum atomic E-state index is 11.7. The van der Waals surface area contributed by atoms with Crippen LogP contribution in [0.2, 0.25) is 0 Å². The zero-order valence-electron chi connectivity index (χ0n) is 10.6. The van der Waals surface area contributed by atoms with Gasteiger partial charge in [0.2, 0.25) is 0 Å². The van der Waals surface area contributed by atoms with Crippen molar-refractivity contribution in [1.29, 1.82) is 0 Å². The summed E-state index contributed by atoms with van der Waals surface area (Å²) < 4.78 is 13.4. The molecule has 10 nitrogen and oxygen atoms in total. The van der Waals surface area contributed by atoms with Crippen LogP contribution in [0.1, 0.15) is 7.60 Å². The van der Waals surface area contributed by atoms with Crippen LogP contribution in [0.4, 0.5) is 5.82 Å². The van der Waals surface area contributed by atoms with Gasteiger partial charge in [0, 0.05) is 11.1 Å². The van der Waals surface area contributed by atoms with Crippen molar-refractivity contribution >= 4 is 5.82 Å². The summed E-state index contributed by atoms with van der Waals surface area (Å²) in [5.41, 5.74) is 13.1. The fraction of sp³-hybridized carbons (Fsp3) is 0.556. The number of hydrogen-bond acceptors (Lipinski definition) is 7. The number of rotatable bonds is 3. The van der Waals surface area contributed by atoms with Crippen LogP contribution in [0.5, 0.6) is 0 Å². The third-order valence-electron chi connectivity index (χ3n) is 2.73. The number of nitrogens with zero attached hydrogens (tertiary/aromatic N) is 5. The topological polar surface area (TPSA) is 159 Å². The van der Waals surface area contributed by atoms with E-state index in [1.807, 2.05) is 0 Å². The van der Waals surface area contributed by atoms with Crippen LogP contribution in [0, 0.1) is 0 Å². The van der Waals surface area contributed by atoms with Crippen LogP contribution in [-0.2, 0) is 4.74 Å². The first-order chi connectivity index (χ1) is 9.45. The minimum Gasteiger partial charge on any atom is -0.394 e. The van der Waals surface area contributed by atoms with Crippen molar-refractivity contribution in [2.24, 2.45) is 5.11 Å². The first kappa shape index (κ1) is 11.9. The van der Waals surface area contributed by atoms with Gasteiger partial charge in [-0.3, -0.25) is 4.57 Å². The van der Waals surface area contributed by atoms with Crippen LogP contribution in [0.3, 0.4) is 0 Å². The molecular formula is C9H12N6O4. The van der Waals surface area contributed by atoms with Crippen molar-refractivity contribution in [3.8, 4) is 0 Å². The minimum atomic E-state index is -1.75. The molecule has 0 aliphatic carbocycles. The quantitative estimate of drug-likeness (QED) is 0.353. The molecule has 1 aliphatic heterocycles. The standard InChI is InChI=1S/C9H12N6O4/c10-5-1-2-15(9(18)12-5)8-6(13-14-11)7(17)4(3-16)19-8/h1-2,4,6-8,16-17H,3H2,(H2,10,12,18)/t4-,6-,7-,8-/m1/s1/i3D/t3?,4-,6-,7-,8-. The Bertz CT molecular complexity index is 600. The van der Waals surface area contributed by atoms with Crippen LogP contribution in [0.15, 0.2) is 22.2 Å². The van der Waals surface area contributed by atoms with E-state index in [4.69, 9.17) is 17.4 Å². The molecule has 0 amide bonds. The summed E-state index contributed by atoms with van der Waals surface area (Å²) in [5.74, 6) is 0.00204. The molecule has 0 saturated carbocycles. The maximum absolute atomic E-state index is 11.7. The van der Waals surface area contributed by atoms with Crippen molar-refractivity contribution in [2.45, 2.75) is 24.5 Å². The predicted octanol–water partition coefficient (Wildman–Crippen LogP) is -1.24. The molecule has 4 N–H and O–H groups in total. The molecule has 2 heterocycles. The summed E-state index contributed by atoms with van der Waals surface area (Å²) in [6.07, 6.45) is -2.64. The van der Waals surface area contributed by atoms with Gasteiger partial charge in [0.25, 0.3) is 0 Å². The molecule has 1 fully saturated rings. The van der Waals surface area contributed by atoms with E-state index in [0.29, 0.717) is 0 Å². The van der Waals surface area contributed by atoms with Crippen molar-refractivity contribution in [2.75, 3.05) is 12.3 Å². The largest absolute Gasteiger partial charge is 0.394 e. The predicted molar refractivity (Wildman–Crippen MR) is 62.8 cm³/mol. The number of aliphatic hydroxyl groups is 2. The lowest BCUT2D eigenvalue weighted by atomic mass is 10.1. The molecular weight excluding hydrogens is 256 g/mol. The number of nitrogen functional groups attached to an aromatic ring is 1. The molecule has 1 unspecified atom stereocenters. The Morgan fingerprint density at radius 3 is 3.11 bits per heavy atom. The van der Waals surface area contributed by atoms with Crippen molar-refractivity contribution in [3.05, 3.63) is 33.2 Å². The number of ether oxygens (including phenoxy) is 1.